The summed E-state index contributed by atoms with van der Waals surface area (Å²) in [5.74, 6) is 0.895. The first-order chi connectivity index (χ1) is 12.9. The quantitative estimate of drug-likeness (QED) is 0.813. The molecule has 1 atom stereocenters. The average molecular weight is 375 g/mol. The summed E-state index contributed by atoms with van der Waals surface area (Å²) in [7, 11) is 3.14. The number of halogens is 1. The Labute approximate surface area is 159 Å². The standard InChI is InChI=1S/C21H26FNO4/c1-26-19-8-3-15(13-20(19)27-2)18(24)14-23-11-9-21(25,10-12-23)16-4-6-17(22)7-5-16/h3-8,13,18,24-25H,9-12,14H2,1-2H3/t18-/m1/s1. The molecule has 2 N–H and O–H groups in total. The zero-order valence-corrected chi connectivity index (χ0v) is 15.7. The highest BCUT2D eigenvalue weighted by atomic mass is 19.1. The smallest absolute Gasteiger partial charge is 0.161 e. The molecule has 1 fully saturated rings. The van der Waals surface area contributed by atoms with Gasteiger partial charge in [0.15, 0.2) is 11.5 Å². The van der Waals surface area contributed by atoms with Crippen molar-refractivity contribution in [3.05, 3.63) is 59.4 Å². The van der Waals surface area contributed by atoms with E-state index in [1.165, 1.54) is 12.1 Å². The molecule has 2 aromatic carbocycles. The number of aliphatic hydroxyl groups is 2. The Kier molecular flexibility index (Phi) is 5.99. The van der Waals surface area contributed by atoms with Crippen molar-refractivity contribution < 1.29 is 24.1 Å². The molecule has 0 aromatic heterocycles. The molecule has 0 aliphatic carbocycles. The molecular weight excluding hydrogens is 349 g/mol. The summed E-state index contributed by atoms with van der Waals surface area (Å²) >= 11 is 0. The van der Waals surface area contributed by atoms with Gasteiger partial charge in [0, 0.05) is 19.6 Å². The molecule has 0 unspecified atom stereocenters. The Morgan fingerprint density at radius 1 is 1.04 bits per heavy atom. The molecule has 1 heterocycles. The van der Waals surface area contributed by atoms with E-state index in [0.29, 0.717) is 44.0 Å². The maximum absolute atomic E-state index is 13.1. The molecule has 0 amide bonds. The highest BCUT2D eigenvalue weighted by molar-refractivity contribution is 5.43. The summed E-state index contributed by atoms with van der Waals surface area (Å²) in [6.45, 7) is 1.77. The number of methoxy groups -OCH3 is 2. The second kappa shape index (κ2) is 8.25. The van der Waals surface area contributed by atoms with E-state index >= 15 is 0 Å². The number of hydrogen-bond acceptors (Lipinski definition) is 5. The lowest BCUT2D eigenvalue weighted by Crippen LogP contribution is -2.43. The number of β-amino-alcohol motifs (C(OH)–C–C–N with tert-alkyl or cyclic N) is 1. The zero-order chi connectivity index (χ0) is 19.4. The topological polar surface area (TPSA) is 62.2 Å². The number of aliphatic hydroxyl groups excluding tert-OH is 1. The number of piperidine rings is 1. The van der Waals surface area contributed by atoms with Gasteiger partial charge in [0.1, 0.15) is 5.82 Å². The summed E-state index contributed by atoms with van der Waals surface area (Å²) in [5, 5.41) is 21.5. The molecule has 5 nitrogen and oxygen atoms in total. The van der Waals surface area contributed by atoms with Crippen LogP contribution in [-0.4, -0.2) is 49.0 Å². The molecule has 0 radical (unpaired) electrons. The van der Waals surface area contributed by atoms with Gasteiger partial charge in [0.05, 0.1) is 25.9 Å². The predicted octanol–water partition coefficient (Wildman–Crippen LogP) is 2.86. The predicted molar refractivity (Wildman–Crippen MR) is 100 cm³/mol. The van der Waals surface area contributed by atoms with Gasteiger partial charge in [-0.2, -0.15) is 0 Å². The molecule has 0 bridgehead atoms. The van der Waals surface area contributed by atoms with Crippen molar-refractivity contribution >= 4 is 0 Å². The van der Waals surface area contributed by atoms with Crippen molar-refractivity contribution in [3.63, 3.8) is 0 Å². The minimum Gasteiger partial charge on any atom is -0.493 e. The number of likely N-dealkylation sites (tertiary alicyclic amines) is 1. The molecule has 2 aromatic rings. The lowest BCUT2D eigenvalue weighted by Gasteiger charge is -2.39. The van der Waals surface area contributed by atoms with Crippen molar-refractivity contribution in [1.29, 1.82) is 0 Å². The van der Waals surface area contributed by atoms with Gasteiger partial charge >= 0.3 is 0 Å². The van der Waals surface area contributed by atoms with Crippen molar-refractivity contribution in [2.45, 2.75) is 24.5 Å². The van der Waals surface area contributed by atoms with Crippen LogP contribution in [0.5, 0.6) is 11.5 Å². The first-order valence-corrected chi connectivity index (χ1v) is 9.06. The third kappa shape index (κ3) is 4.40. The zero-order valence-electron chi connectivity index (χ0n) is 15.7. The molecule has 27 heavy (non-hydrogen) atoms. The first-order valence-electron chi connectivity index (χ1n) is 9.06. The monoisotopic (exact) mass is 375 g/mol. The second-order valence-electron chi connectivity index (χ2n) is 6.97. The molecule has 3 rings (SSSR count). The fourth-order valence-electron chi connectivity index (χ4n) is 3.56. The van der Waals surface area contributed by atoms with E-state index in [1.54, 1.807) is 38.5 Å². The van der Waals surface area contributed by atoms with Crippen LogP contribution in [0.4, 0.5) is 4.39 Å². The fraction of sp³-hybridized carbons (Fsp3) is 0.429. The SMILES string of the molecule is COc1ccc([C@H](O)CN2CCC(O)(c3ccc(F)cc3)CC2)cc1OC. The minimum absolute atomic E-state index is 0.308. The number of hydrogen-bond donors (Lipinski definition) is 2. The van der Waals surface area contributed by atoms with Crippen molar-refractivity contribution in [2.24, 2.45) is 0 Å². The van der Waals surface area contributed by atoms with E-state index in [0.717, 1.165) is 11.1 Å². The van der Waals surface area contributed by atoms with Crippen molar-refractivity contribution in [2.75, 3.05) is 33.9 Å². The van der Waals surface area contributed by atoms with Gasteiger partial charge < -0.3 is 24.6 Å². The third-order valence-corrected chi connectivity index (χ3v) is 5.29. The maximum Gasteiger partial charge on any atom is 0.161 e. The van der Waals surface area contributed by atoms with Crippen LogP contribution in [0, 0.1) is 5.82 Å². The lowest BCUT2D eigenvalue weighted by atomic mass is 9.84. The van der Waals surface area contributed by atoms with Gasteiger partial charge in [-0.15, -0.1) is 0 Å². The van der Waals surface area contributed by atoms with E-state index in [2.05, 4.69) is 4.90 Å². The summed E-state index contributed by atoms with van der Waals surface area (Å²) in [6, 6.07) is 11.4. The lowest BCUT2D eigenvalue weighted by molar-refractivity contribution is -0.0345. The van der Waals surface area contributed by atoms with Crippen LogP contribution in [0.1, 0.15) is 30.1 Å². The van der Waals surface area contributed by atoms with E-state index in [-0.39, 0.29) is 5.82 Å². The molecule has 0 spiro atoms. The number of ether oxygens (including phenoxy) is 2. The van der Waals surface area contributed by atoms with Gasteiger partial charge in [0.25, 0.3) is 0 Å². The van der Waals surface area contributed by atoms with Crippen LogP contribution in [0.2, 0.25) is 0 Å². The Hall–Kier alpha value is -2.15. The first kappa shape index (κ1) is 19.6. The normalized spacial score (nSPS) is 18.1. The molecule has 1 saturated heterocycles. The van der Waals surface area contributed by atoms with E-state index in [4.69, 9.17) is 9.47 Å². The van der Waals surface area contributed by atoms with Crippen LogP contribution in [-0.2, 0) is 5.60 Å². The highest BCUT2D eigenvalue weighted by Gasteiger charge is 2.34. The third-order valence-electron chi connectivity index (χ3n) is 5.29. The van der Waals surface area contributed by atoms with Gasteiger partial charge in [-0.25, -0.2) is 4.39 Å². The van der Waals surface area contributed by atoms with Crippen molar-refractivity contribution in [3.8, 4) is 11.5 Å². The summed E-state index contributed by atoms with van der Waals surface area (Å²) < 4.78 is 23.6. The van der Waals surface area contributed by atoms with Gasteiger partial charge in [-0.3, -0.25) is 0 Å². The highest BCUT2D eigenvalue weighted by Crippen LogP contribution is 2.34. The van der Waals surface area contributed by atoms with Crippen molar-refractivity contribution in [1.82, 2.24) is 4.90 Å². The van der Waals surface area contributed by atoms with Crippen LogP contribution >= 0.6 is 0 Å². The molecular formula is C21H26FNO4. The van der Waals surface area contributed by atoms with Crippen LogP contribution < -0.4 is 9.47 Å². The second-order valence-corrected chi connectivity index (χ2v) is 6.97. The Balaban J connectivity index is 1.61. The summed E-state index contributed by atoms with van der Waals surface area (Å²) in [5.41, 5.74) is 0.550. The Morgan fingerprint density at radius 3 is 2.26 bits per heavy atom. The molecule has 6 heteroatoms. The summed E-state index contributed by atoms with van der Waals surface area (Å²) in [4.78, 5) is 2.12. The largest absolute Gasteiger partial charge is 0.493 e. The van der Waals surface area contributed by atoms with E-state index in [9.17, 15) is 14.6 Å². The molecule has 1 aliphatic heterocycles. The number of benzene rings is 2. The van der Waals surface area contributed by atoms with Gasteiger partial charge in [0.2, 0.25) is 0 Å². The van der Waals surface area contributed by atoms with E-state index in [1.807, 2.05) is 6.07 Å². The fourth-order valence-corrected chi connectivity index (χ4v) is 3.56. The minimum atomic E-state index is -0.946. The van der Waals surface area contributed by atoms with Gasteiger partial charge in [-0.05, 0) is 48.2 Å². The molecule has 0 saturated carbocycles. The Bertz CT molecular complexity index is 757. The van der Waals surface area contributed by atoms with Crippen LogP contribution in [0.15, 0.2) is 42.5 Å². The van der Waals surface area contributed by atoms with Crippen LogP contribution in [0.3, 0.4) is 0 Å². The molecule has 146 valence electrons. The average Bonchev–Trinajstić information content (AvgIpc) is 2.69. The van der Waals surface area contributed by atoms with Gasteiger partial charge in [-0.1, -0.05) is 18.2 Å². The summed E-state index contributed by atoms with van der Waals surface area (Å²) in [6.07, 6.45) is 0.413. The molecule has 1 aliphatic rings. The number of rotatable bonds is 6. The van der Waals surface area contributed by atoms with Crippen LogP contribution in [0.25, 0.3) is 0 Å². The van der Waals surface area contributed by atoms with E-state index < -0.39 is 11.7 Å². The maximum atomic E-state index is 13.1. The Morgan fingerprint density at radius 2 is 1.67 bits per heavy atom. The number of nitrogens with zero attached hydrogens (tertiary/aromatic N) is 1.